The van der Waals surface area contributed by atoms with Gasteiger partial charge in [0.2, 0.25) is 11.8 Å². The second-order valence-electron chi connectivity index (χ2n) is 4.93. The van der Waals surface area contributed by atoms with Gasteiger partial charge in [-0.2, -0.15) is 0 Å². The van der Waals surface area contributed by atoms with Crippen LogP contribution in [-0.4, -0.2) is 18.9 Å². The molecule has 1 rings (SSSR count). The van der Waals surface area contributed by atoms with Gasteiger partial charge in [0.1, 0.15) is 5.75 Å². The first-order valence-electron chi connectivity index (χ1n) is 7.36. The van der Waals surface area contributed by atoms with Crippen LogP contribution in [0.25, 0.3) is 0 Å². The van der Waals surface area contributed by atoms with E-state index in [2.05, 4.69) is 17.8 Å². The summed E-state index contributed by atoms with van der Waals surface area (Å²) in [6.45, 7) is 2.12. The van der Waals surface area contributed by atoms with Gasteiger partial charge < -0.3 is 4.74 Å². The molecule has 0 atom stereocenters. The SMILES string of the molecule is CCCCCCC(=O)NNC(=O)Cc1ccc(OC)cc1. The van der Waals surface area contributed by atoms with Crippen LogP contribution in [0, 0.1) is 0 Å². The zero-order valence-corrected chi connectivity index (χ0v) is 12.8. The summed E-state index contributed by atoms with van der Waals surface area (Å²) >= 11 is 0. The third-order valence-corrected chi connectivity index (χ3v) is 3.12. The molecule has 0 fully saturated rings. The molecule has 0 aromatic heterocycles. The summed E-state index contributed by atoms with van der Waals surface area (Å²) in [5.74, 6) is 0.371. The van der Waals surface area contributed by atoms with Gasteiger partial charge in [0, 0.05) is 6.42 Å². The molecule has 0 bridgehead atoms. The summed E-state index contributed by atoms with van der Waals surface area (Å²) in [6, 6.07) is 7.25. The molecule has 1 aromatic carbocycles. The largest absolute Gasteiger partial charge is 0.497 e. The third-order valence-electron chi connectivity index (χ3n) is 3.12. The number of ether oxygens (including phenoxy) is 1. The number of nitrogens with one attached hydrogen (secondary N) is 2. The third kappa shape index (κ3) is 7.34. The molecule has 0 heterocycles. The first kappa shape index (κ1) is 17.0. The maximum atomic E-state index is 11.7. The molecule has 2 N–H and O–H groups in total. The summed E-state index contributed by atoms with van der Waals surface area (Å²) in [6.07, 6.45) is 4.85. The normalized spacial score (nSPS) is 10.0. The molecular weight excluding hydrogens is 268 g/mol. The molecular formula is C16H24N2O3. The number of hydrogen-bond donors (Lipinski definition) is 2. The number of hydrazine groups is 1. The van der Waals surface area contributed by atoms with Crippen molar-refractivity contribution in [1.29, 1.82) is 0 Å². The molecule has 1 aromatic rings. The molecule has 0 aliphatic rings. The lowest BCUT2D eigenvalue weighted by atomic mass is 10.1. The molecule has 5 nitrogen and oxygen atoms in total. The summed E-state index contributed by atoms with van der Waals surface area (Å²) in [7, 11) is 1.59. The van der Waals surface area contributed by atoms with E-state index in [9.17, 15) is 9.59 Å². The summed E-state index contributed by atoms with van der Waals surface area (Å²) < 4.78 is 5.05. The number of unbranched alkanes of at least 4 members (excludes halogenated alkanes) is 3. The van der Waals surface area contributed by atoms with Crippen molar-refractivity contribution in [3.05, 3.63) is 29.8 Å². The number of rotatable bonds is 8. The van der Waals surface area contributed by atoms with Gasteiger partial charge in [0.25, 0.3) is 0 Å². The molecule has 0 saturated heterocycles. The van der Waals surface area contributed by atoms with Crippen LogP contribution in [-0.2, 0) is 16.0 Å². The molecule has 0 unspecified atom stereocenters. The van der Waals surface area contributed by atoms with E-state index in [0.717, 1.165) is 37.0 Å². The zero-order chi connectivity index (χ0) is 15.5. The van der Waals surface area contributed by atoms with Gasteiger partial charge >= 0.3 is 0 Å². The van der Waals surface area contributed by atoms with E-state index in [4.69, 9.17) is 4.74 Å². The van der Waals surface area contributed by atoms with Gasteiger partial charge in [-0.15, -0.1) is 0 Å². The van der Waals surface area contributed by atoms with E-state index >= 15 is 0 Å². The highest BCUT2D eigenvalue weighted by Gasteiger charge is 2.06. The van der Waals surface area contributed by atoms with Gasteiger partial charge in [0.05, 0.1) is 13.5 Å². The van der Waals surface area contributed by atoms with Crippen molar-refractivity contribution < 1.29 is 14.3 Å². The van der Waals surface area contributed by atoms with Crippen LogP contribution in [0.15, 0.2) is 24.3 Å². The van der Waals surface area contributed by atoms with Gasteiger partial charge in [0.15, 0.2) is 0 Å². The molecule has 5 heteroatoms. The fraction of sp³-hybridized carbons (Fsp3) is 0.500. The number of benzene rings is 1. The highest BCUT2D eigenvalue weighted by molar-refractivity contribution is 5.83. The zero-order valence-electron chi connectivity index (χ0n) is 12.8. The molecule has 0 aliphatic heterocycles. The van der Waals surface area contributed by atoms with Crippen LogP contribution >= 0.6 is 0 Å². The Labute approximate surface area is 126 Å². The molecule has 116 valence electrons. The maximum absolute atomic E-state index is 11.7. The van der Waals surface area contributed by atoms with Crippen LogP contribution in [0.4, 0.5) is 0 Å². The predicted octanol–water partition coefficient (Wildman–Crippen LogP) is 2.36. The number of methoxy groups -OCH3 is 1. The molecule has 21 heavy (non-hydrogen) atoms. The Kier molecular flexibility index (Phi) is 7.94. The molecule has 0 saturated carbocycles. The highest BCUT2D eigenvalue weighted by Crippen LogP contribution is 2.11. The smallest absolute Gasteiger partial charge is 0.242 e. The van der Waals surface area contributed by atoms with Gasteiger partial charge in [-0.3, -0.25) is 20.4 Å². The van der Waals surface area contributed by atoms with Gasteiger partial charge in [-0.25, -0.2) is 0 Å². The minimum absolute atomic E-state index is 0.144. The molecule has 2 amide bonds. The summed E-state index contributed by atoms with van der Waals surface area (Å²) in [4.78, 5) is 23.2. The maximum Gasteiger partial charge on any atom is 0.242 e. The van der Waals surface area contributed by atoms with E-state index in [1.807, 2.05) is 12.1 Å². The van der Waals surface area contributed by atoms with E-state index in [1.54, 1.807) is 19.2 Å². The number of carbonyl (C=O) groups excluding carboxylic acids is 2. The summed E-state index contributed by atoms with van der Waals surface area (Å²) in [5.41, 5.74) is 5.74. The fourth-order valence-corrected chi connectivity index (χ4v) is 1.89. The van der Waals surface area contributed by atoms with Crippen molar-refractivity contribution >= 4 is 11.8 Å². The van der Waals surface area contributed by atoms with Crippen molar-refractivity contribution in [3.63, 3.8) is 0 Å². The van der Waals surface area contributed by atoms with E-state index in [0.29, 0.717) is 6.42 Å². The Balaban J connectivity index is 2.22. The lowest BCUT2D eigenvalue weighted by molar-refractivity contribution is -0.128. The molecule has 0 aliphatic carbocycles. The second kappa shape index (κ2) is 9.80. The predicted molar refractivity (Wildman–Crippen MR) is 81.7 cm³/mol. The van der Waals surface area contributed by atoms with Crippen molar-refractivity contribution in [2.75, 3.05) is 7.11 Å². The van der Waals surface area contributed by atoms with Crippen LogP contribution in [0.3, 0.4) is 0 Å². The monoisotopic (exact) mass is 292 g/mol. The van der Waals surface area contributed by atoms with Crippen molar-refractivity contribution in [2.24, 2.45) is 0 Å². The van der Waals surface area contributed by atoms with E-state index < -0.39 is 0 Å². The average Bonchev–Trinajstić information content (AvgIpc) is 2.50. The Bertz CT molecular complexity index is 443. The minimum Gasteiger partial charge on any atom is -0.497 e. The number of amides is 2. The standard InChI is InChI=1S/C16H24N2O3/c1-3-4-5-6-7-15(19)17-18-16(20)12-13-8-10-14(21-2)11-9-13/h8-11H,3-7,12H2,1-2H3,(H,17,19)(H,18,20). The van der Waals surface area contributed by atoms with Gasteiger partial charge in [-0.05, 0) is 24.1 Å². The number of carbonyl (C=O) groups is 2. The van der Waals surface area contributed by atoms with Crippen LogP contribution in [0.5, 0.6) is 5.75 Å². The molecule has 0 spiro atoms. The first-order valence-corrected chi connectivity index (χ1v) is 7.36. The van der Waals surface area contributed by atoms with Crippen LogP contribution in [0.2, 0.25) is 0 Å². The Morgan fingerprint density at radius 1 is 1.00 bits per heavy atom. The lowest BCUT2D eigenvalue weighted by Crippen LogP contribution is -2.42. The Hall–Kier alpha value is -2.04. The van der Waals surface area contributed by atoms with Crippen molar-refractivity contribution in [3.8, 4) is 5.75 Å². The van der Waals surface area contributed by atoms with E-state index in [1.165, 1.54) is 0 Å². The minimum atomic E-state index is -0.234. The van der Waals surface area contributed by atoms with Gasteiger partial charge in [-0.1, -0.05) is 38.3 Å². The Morgan fingerprint density at radius 3 is 2.29 bits per heavy atom. The summed E-state index contributed by atoms with van der Waals surface area (Å²) in [5, 5.41) is 0. The topological polar surface area (TPSA) is 67.4 Å². The second-order valence-corrected chi connectivity index (χ2v) is 4.93. The quantitative estimate of drug-likeness (QED) is 0.571. The van der Waals surface area contributed by atoms with Crippen molar-refractivity contribution in [2.45, 2.75) is 45.4 Å². The van der Waals surface area contributed by atoms with Crippen LogP contribution in [0.1, 0.15) is 44.6 Å². The number of hydrogen-bond acceptors (Lipinski definition) is 3. The van der Waals surface area contributed by atoms with E-state index in [-0.39, 0.29) is 18.2 Å². The molecule has 0 radical (unpaired) electrons. The highest BCUT2D eigenvalue weighted by atomic mass is 16.5. The fourth-order valence-electron chi connectivity index (χ4n) is 1.89. The van der Waals surface area contributed by atoms with Crippen molar-refractivity contribution in [1.82, 2.24) is 10.9 Å². The lowest BCUT2D eigenvalue weighted by Gasteiger charge is -2.08. The first-order chi connectivity index (χ1) is 10.2. The van der Waals surface area contributed by atoms with Crippen LogP contribution < -0.4 is 15.6 Å². The Morgan fingerprint density at radius 2 is 1.67 bits per heavy atom. The average molecular weight is 292 g/mol.